The molecular formula is C12H18N2O2. The maximum atomic E-state index is 12.3. The second-order valence-electron chi connectivity index (χ2n) is 5.58. The van der Waals surface area contributed by atoms with Crippen molar-refractivity contribution in [3.63, 3.8) is 0 Å². The molecule has 0 spiro atoms. The number of ketones is 1. The molecule has 2 fully saturated rings. The first kappa shape index (κ1) is 11.2. The van der Waals surface area contributed by atoms with Crippen LogP contribution >= 0.6 is 0 Å². The average Bonchev–Trinajstić information content (AvgIpc) is 2.47. The molecule has 4 nitrogen and oxygen atoms in total. The minimum atomic E-state index is -0.619. The Kier molecular flexibility index (Phi) is 2.16. The maximum absolute atomic E-state index is 12.3. The van der Waals surface area contributed by atoms with Crippen LogP contribution in [-0.4, -0.2) is 11.8 Å². The number of Topliss-reactive ketones (excluding diaryl/α,β-unsaturated/α-hetero) is 1. The molecule has 2 rings (SSSR count). The normalized spacial score (nSPS) is 38.1. The summed E-state index contributed by atoms with van der Waals surface area (Å²) in [4.78, 5) is 22.9. The molecule has 2 bridgehead atoms. The predicted molar refractivity (Wildman–Crippen MR) is 60.4 cm³/mol. The van der Waals surface area contributed by atoms with Crippen LogP contribution in [0.25, 0.3) is 0 Å². The third-order valence-corrected chi connectivity index (χ3v) is 4.73. The highest BCUT2D eigenvalue weighted by Gasteiger charge is 2.63. The van der Waals surface area contributed by atoms with E-state index in [0.29, 0.717) is 0 Å². The molecule has 0 aromatic heterocycles. The van der Waals surface area contributed by atoms with Gasteiger partial charge in [-0.05, 0) is 24.2 Å². The third-order valence-electron chi connectivity index (χ3n) is 4.73. The molecule has 0 aromatic carbocycles. The second-order valence-corrected chi connectivity index (χ2v) is 5.58. The molecule has 0 aliphatic heterocycles. The minimum Gasteiger partial charge on any atom is -0.351 e. The van der Waals surface area contributed by atoms with Crippen molar-refractivity contribution in [2.75, 3.05) is 0 Å². The van der Waals surface area contributed by atoms with E-state index in [0.717, 1.165) is 18.4 Å². The van der Waals surface area contributed by atoms with Crippen molar-refractivity contribution in [1.82, 2.24) is 5.32 Å². The Morgan fingerprint density at radius 2 is 2.12 bits per heavy atom. The lowest BCUT2D eigenvalue weighted by molar-refractivity contribution is -0.125. The summed E-state index contributed by atoms with van der Waals surface area (Å²) >= 11 is 0. The van der Waals surface area contributed by atoms with E-state index < -0.39 is 6.03 Å². The molecular weight excluding hydrogens is 204 g/mol. The zero-order valence-corrected chi connectivity index (χ0v) is 9.96. The number of nitrogens with two attached hydrogens (primary N) is 1. The number of carbonyl (C=O) groups is 2. The van der Waals surface area contributed by atoms with Gasteiger partial charge in [0, 0.05) is 17.2 Å². The standard InChI is InChI=1S/C12H18N2O2/c1-11(2)8-4-5-12(11,3)9(15)7(8)6-14-10(13)16/h6,8H,4-5H2,1-3H3,(H3,13,14,16)/b7-6+. The van der Waals surface area contributed by atoms with Gasteiger partial charge in [0.05, 0.1) is 0 Å². The largest absolute Gasteiger partial charge is 0.351 e. The van der Waals surface area contributed by atoms with E-state index in [1.54, 1.807) is 0 Å². The molecule has 0 heterocycles. The lowest BCUT2D eigenvalue weighted by atomic mass is 9.70. The van der Waals surface area contributed by atoms with Crippen molar-refractivity contribution in [3.05, 3.63) is 11.8 Å². The fourth-order valence-corrected chi connectivity index (χ4v) is 3.24. The Morgan fingerprint density at radius 1 is 1.50 bits per heavy atom. The minimum absolute atomic E-state index is 0.0186. The number of hydrogen-bond donors (Lipinski definition) is 2. The van der Waals surface area contributed by atoms with Crippen molar-refractivity contribution in [1.29, 1.82) is 0 Å². The molecule has 0 aromatic rings. The van der Waals surface area contributed by atoms with E-state index in [4.69, 9.17) is 5.73 Å². The zero-order valence-electron chi connectivity index (χ0n) is 9.96. The van der Waals surface area contributed by atoms with Crippen molar-refractivity contribution >= 4 is 11.8 Å². The SMILES string of the molecule is CC12CCC(/C(=C\NC(N)=O)C1=O)C2(C)C. The zero-order chi connectivity index (χ0) is 12.1. The average molecular weight is 222 g/mol. The molecule has 0 radical (unpaired) electrons. The third kappa shape index (κ3) is 1.16. The first-order chi connectivity index (χ1) is 7.30. The van der Waals surface area contributed by atoms with Crippen LogP contribution in [0.15, 0.2) is 11.8 Å². The van der Waals surface area contributed by atoms with Crippen LogP contribution in [0.3, 0.4) is 0 Å². The number of nitrogens with one attached hydrogen (secondary N) is 1. The summed E-state index contributed by atoms with van der Waals surface area (Å²) in [6.07, 6.45) is 3.46. The van der Waals surface area contributed by atoms with Gasteiger partial charge in [-0.3, -0.25) is 4.79 Å². The molecule has 2 aliphatic carbocycles. The van der Waals surface area contributed by atoms with Gasteiger partial charge in [-0.1, -0.05) is 20.8 Å². The quantitative estimate of drug-likeness (QED) is 0.661. The van der Waals surface area contributed by atoms with Gasteiger partial charge in [-0.2, -0.15) is 0 Å². The van der Waals surface area contributed by atoms with Gasteiger partial charge in [0.15, 0.2) is 5.78 Å². The highest BCUT2D eigenvalue weighted by Crippen LogP contribution is 2.65. The van der Waals surface area contributed by atoms with E-state index in [2.05, 4.69) is 19.2 Å². The fourth-order valence-electron chi connectivity index (χ4n) is 3.24. The summed E-state index contributed by atoms with van der Waals surface area (Å²) in [7, 11) is 0. The van der Waals surface area contributed by atoms with Crippen LogP contribution in [0.1, 0.15) is 33.6 Å². The molecule has 16 heavy (non-hydrogen) atoms. The molecule has 2 aliphatic rings. The fraction of sp³-hybridized carbons (Fsp3) is 0.667. The number of hydrogen-bond acceptors (Lipinski definition) is 2. The summed E-state index contributed by atoms with van der Waals surface area (Å²) in [5, 5.41) is 2.41. The Hall–Kier alpha value is -1.32. The molecule has 88 valence electrons. The van der Waals surface area contributed by atoms with Crippen LogP contribution in [0.5, 0.6) is 0 Å². The number of allylic oxidation sites excluding steroid dienone is 1. The molecule has 2 amide bonds. The maximum Gasteiger partial charge on any atom is 0.316 e. The molecule has 2 atom stereocenters. The van der Waals surface area contributed by atoms with Crippen molar-refractivity contribution in [3.8, 4) is 0 Å². The number of amides is 2. The lowest BCUT2D eigenvalue weighted by Gasteiger charge is -2.31. The van der Waals surface area contributed by atoms with Crippen molar-refractivity contribution < 1.29 is 9.59 Å². The van der Waals surface area contributed by atoms with Crippen LogP contribution < -0.4 is 11.1 Å². The highest BCUT2D eigenvalue weighted by atomic mass is 16.2. The Bertz CT molecular complexity index is 398. The summed E-state index contributed by atoms with van der Waals surface area (Å²) < 4.78 is 0. The second kappa shape index (κ2) is 3.09. The van der Waals surface area contributed by atoms with Crippen molar-refractivity contribution in [2.24, 2.45) is 22.5 Å². The topological polar surface area (TPSA) is 72.2 Å². The monoisotopic (exact) mass is 222 g/mol. The van der Waals surface area contributed by atoms with E-state index in [1.807, 2.05) is 6.92 Å². The van der Waals surface area contributed by atoms with E-state index in [-0.39, 0.29) is 22.5 Å². The number of urea groups is 1. The van der Waals surface area contributed by atoms with E-state index >= 15 is 0 Å². The molecule has 2 saturated carbocycles. The molecule has 0 saturated heterocycles. The van der Waals surface area contributed by atoms with Crippen LogP contribution in [-0.2, 0) is 4.79 Å². The summed E-state index contributed by atoms with van der Waals surface area (Å²) in [6.45, 7) is 6.29. The van der Waals surface area contributed by atoms with Crippen LogP contribution in [0.4, 0.5) is 4.79 Å². The van der Waals surface area contributed by atoms with E-state index in [1.165, 1.54) is 6.20 Å². The molecule has 4 heteroatoms. The summed E-state index contributed by atoms with van der Waals surface area (Å²) in [5.41, 5.74) is 5.45. The lowest BCUT2D eigenvalue weighted by Crippen LogP contribution is -2.32. The van der Waals surface area contributed by atoms with Gasteiger partial charge in [-0.15, -0.1) is 0 Å². The summed E-state index contributed by atoms with van der Waals surface area (Å²) in [5.74, 6) is 0.416. The van der Waals surface area contributed by atoms with Gasteiger partial charge in [-0.25, -0.2) is 4.79 Å². The van der Waals surface area contributed by atoms with Gasteiger partial charge >= 0.3 is 6.03 Å². The van der Waals surface area contributed by atoms with Gasteiger partial charge in [0.2, 0.25) is 0 Å². The van der Waals surface area contributed by atoms with Crippen molar-refractivity contribution in [2.45, 2.75) is 33.6 Å². The number of primary amides is 1. The summed E-state index contributed by atoms with van der Waals surface area (Å²) in [6, 6.07) is -0.619. The van der Waals surface area contributed by atoms with Gasteiger partial charge < -0.3 is 11.1 Å². The Balaban J connectivity index is 2.37. The highest BCUT2D eigenvalue weighted by molar-refractivity contribution is 6.04. The number of carbonyl (C=O) groups excluding carboxylic acids is 2. The number of fused-ring (bicyclic) bond motifs is 2. The van der Waals surface area contributed by atoms with E-state index in [9.17, 15) is 9.59 Å². The first-order valence-corrected chi connectivity index (χ1v) is 5.61. The van der Waals surface area contributed by atoms with Gasteiger partial charge in [0.1, 0.15) is 0 Å². The number of rotatable bonds is 1. The predicted octanol–water partition coefficient (Wildman–Crippen LogP) is 1.56. The Labute approximate surface area is 95.3 Å². The molecule has 3 N–H and O–H groups in total. The van der Waals surface area contributed by atoms with Crippen LogP contribution in [0.2, 0.25) is 0 Å². The molecule has 2 unspecified atom stereocenters. The van der Waals surface area contributed by atoms with Crippen LogP contribution in [0, 0.1) is 16.7 Å². The Morgan fingerprint density at radius 3 is 2.56 bits per heavy atom. The smallest absolute Gasteiger partial charge is 0.316 e. The van der Waals surface area contributed by atoms with Gasteiger partial charge in [0.25, 0.3) is 0 Å². The first-order valence-electron chi connectivity index (χ1n) is 5.61.